The van der Waals surface area contributed by atoms with Gasteiger partial charge in [0.25, 0.3) is 5.91 Å². The summed E-state index contributed by atoms with van der Waals surface area (Å²) in [4.78, 5) is 21.4. The van der Waals surface area contributed by atoms with Gasteiger partial charge in [-0.25, -0.2) is 4.98 Å². The second-order valence-corrected chi connectivity index (χ2v) is 8.22. The number of fused-ring (bicyclic) bond motifs is 1. The molecule has 1 saturated heterocycles. The van der Waals surface area contributed by atoms with Gasteiger partial charge < -0.3 is 4.90 Å². The monoisotopic (exact) mass is 436 g/mol. The van der Waals surface area contributed by atoms with E-state index in [-0.39, 0.29) is 5.91 Å². The standard InChI is InChI=1S/C26H24N6O/c27-17-20-4-6-21(7-5-20)24-3-1-2-22-16-23(8-9-25(22)24)26(33)31-13-10-30(11-14-31)12-15-32-19-28-18-29-32/h1-9,16,18-19H,10-15H2. The summed E-state index contributed by atoms with van der Waals surface area (Å²) in [6.07, 6.45) is 3.28. The minimum atomic E-state index is 0.0802. The maximum atomic E-state index is 13.2. The number of amides is 1. The minimum absolute atomic E-state index is 0.0802. The van der Waals surface area contributed by atoms with E-state index < -0.39 is 0 Å². The van der Waals surface area contributed by atoms with Crippen LogP contribution in [0, 0.1) is 11.3 Å². The predicted molar refractivity (Wildman–Crippen MR) is 126 cm³/mol. The Hall–Kier alpha value is -4.02. The van der Waals surface area contributed by atoms with E-state index in [0.29, 0.717) is 5.56 Å². The number of hydrogen-bond donors (Lipinski definition) is 0. The third kappa shape index (κ3) is 4.47. The number of nitrogens with zero attached hydrogens (tertiary/aromatic N) is 6. The molecule has 164 valence electrons. The van der Waals surface area contributed by atoms with E-state index in [1.165, 1.54) is 0 Å². The average molecular weight is 437 g/mol. The molecule has 33 heavy (non-hydrogen) atoms. The fourth-order valence-corrected chi connectivity index (χ4v) is 4.34. The number of benzene rings is 3. The molecule has 5 rings (SSSR count). The number of carbonyl (C=O) groups excluding carboxylic acids is 1. The Balaban J connectivity index is 1.28. The molecule has 4 aromatic rings. The largest absolute Gasteiger partial charge is 0.336 e. The first kappa shape index (κ1) is 20.9. The first-order valence-electron chi connectivity index (χ1n) is 11.1. The van der Waals surface area contributed by atoms with E-state index in [0.717, 1.165) is 66.7 Å². The summed E-state index contributed by atoms with van der Waals surface area (Å²) in [5.74, 6) is 0.0802. The summed E-state index contributed by atoms with van der Waals surface area (Å²) in [6, 6.07) is 21.8. The first-order chi connectivity index (χ1) is 16.2. The Morgan fingerprint density at radius 3 is 2.52 bits per heavy atom. The number of hydrogen-bond acceptors (Lipinski definition) is 5. The van der Waals surface area contributed by atoms with Crippen molar-refractivity contribution in [3.63, 3.8) is 0 Å². The smallest absolute Gasteiger partial charge is 0.253 e. The number of nitriles is 1. The third-order valence-corrected chi connectivity index (χ3v) is 6.22. The second-order valence-electron chi connectivity index (χ2n) is 8.22. The Morgan fingerprint density at radius 2 is 1.79 bits per heavy atom. The molecule has 0 unspecified atom stereocenters. The lowest BCUT2D eigenvalue weighted by molar-refractivity contribution is 0.0632. The molecule has 2 heterocycles. The van der Waals surface area contributed by atoms with Crippen molar-refractivity contribution in [2.24, 2.45) is 0 Å². The Labute approximate surface area is 192 Å². The molecule has 0 saturated carbocycles. The molecule has 0 bridgehead atoms. The van der Waals surface area contributed by atoms with E-state index >= 15 is 0 Å². The van der Waals surface area contributed by atoms with Crippen LogP contribution in [0.25, 0.3) is 21.9 Å². The first-order valence-corrected chi connectivity index (χ1v) is 11.1. The average Bonchev–Trinajstić information content (AvgIpc) is 3.40. The predicted octanol–water partition coefficient (Wildman–Crippen LogP) is 3.43. The van der Waals surface area contributed by atoms with Crippen molar-refractivity contribution in [2.75, 3.05) is 32.7 Å². The molecule has 1 aliphatic heterocycles. The van der Waals surface area contributed by atoms with E-state index in [1.54, 1.807) is 12.7 Å². The van der Waals surface area contributed by atoms with E-state index in [4.69, 9.17) is 5.26 Å². The van der Waals surface area contributed by atoms with Crippen LogP contribution in [0.4, 0.5) is 0 Å². The summed E-state index contributed by atoms with van der Waals surface area (Å²) in [5.41, 5.74) is 3.51. The molecule has 0 radical (unpaired) electrons. The minimum Gasteiger partial charge on any atom is -0.336 e. The van der Waals surface area contributed by atoms with Crippen LogP contribution in [0.1, 0.15) is 15.9 Å². The fourth-order valence-electron chi connectivity index (χ4n) is 4.34. The van der Waals surface area contributed by atoms with Gasteiger partial charge in [0.15, 0.2) is 0 Å². The summed E-state index contributed by atoms with van der Waals surface area (Å²) in [5, 5.41) is 15.3. The van der Waals surface area contributed by atoms with E-state index in [1.807, 2.05) is 64.2 Å². The molecule has 7 heteroatoms. The van der Waals surface area contributed by atoms with Gasteiger partial charge in [-0.15, -0.1) is 0 Å². The summed E-state index contributed by atoms with van der Waals surface area (Å²) in [6.45, 7) is 4.87. The lowest BCUT2D eigenvalue weighted by Crippen LogP contribution is -2.49. The van der Waals surface area contributed by atoms with Crippen molar-refractivity contribution in [3.05, 3.63) is 84.4 Å². The van der Waals surface area contributed by atoms with Gasteiger partial charge >= 0.3 is 0 Å². The highest BCUT2D eigenvalue weighted by atomic mass is 16.2. The van der Waals surface area contributed by atoms with Crippen LogP contribution in [0.5, 0.6) is 0 Å². The molecule has 1 amide bonds. The van der Waals surface area contributed by atoms with Crippen molar-refractivity contribution in [2.45, 2.75) is 6.54 Å². The zero-order chi connectivity index (χ0) is 22.6. The van der Waals surface area contributed by atoms with Gasteiger partial charge in [-0.1, -0.05) is 36.4 Å². The zero-order valence-electron chi connectivity index (χ0n) is 18.3. The van der Waals surface area contributed by atoms with Gasteiger partial charge in [0, 0.05) is 38.3 Å². The van der Waals surface area contributed by atoms with Crippen molar-refractivity contribution < 1.29 is 4.79 Å². The van der Waals surface area contributed by atoms with Crippen LogP contribution in [-0.2, 0) is 6.54 Å². The Morgan fingerprint density at radius 1 is 0.970 bits per heavy atom. The molecule has 3 aromatic carbocycles. The molecule has 1 aliphatic rings. The highest BCUT2D eigenvalue weighted by Crippen LogP contribution is 2.30. The zero-order valence-corrected chi connectivity index (χ0v) is 18.3. The van der Waals surface area contributed by atoms with Crippen LogP contribution >= 0.6 is 0 Å². The molecule has 7 nitrogen and oxygen atoms in total. The van der Waals surface area contributed by atoms with Crippen LogP contribution in [0.15, 0.2) is 73.3 Å². The topological polar surface area (TPSA) is 78.0 Å². The SMILES string of the molecule is N#Cc1ccc(-c2cccc3cc(C(=O)N4CCN(CCn5cncn5)CC4)ccc23)cc1. The Kier molecular flexibility index (Phi) is 5.83. The van der Waals surface area contributed by atoms with Gasteiger partial charge in [0.1, 0.15) is 12.7 Å². The Bertz CT molecular complexity index is 1300. The number of piperazine rings is 1. The van der Waals surface area contributed by atoms with Crippen molar-refractivity contribution in [1.29, 1.82) is 5.26 Å². The maximum Gasteiger partial charge on any atom is 0.253 e. The van der Waals surface area contributed by atoms with Gasteiger partial charge in [0.2, 0.25) is 0 Å². The maximum absolute atomic E-state index is 13.2. The molecule has 0 N–H and O–H groups in total. The van der Waals surface area contributed by atoms with Gasteiger partial charge in [-0.2, -0.15) is 10.4 Å². The molecular formula is C26H24N6O. The van der Waals surface area contributed by atoms with Crippen molar-refractivity contribution in [3.8, 4) is 17.2 Å². The molecule has 0 aliphatic carbocycles. The third-order valence-electron chi connectivity index (χ3n) is 6.22. The lowest BCUT2D eigenvalue weighted by Gasteiger charge is -2.34. The molecular weight excluding hydrogens is 412 g/mol. The van der Waals surface area contributed by atoms with Crippen LogP contribution in [0.2, 0.25) is 0 Å². The van der Waals surface area contributed by atoms with Crippen LogP contribution in [-0.4, -0.2) is 63.2 Å². The fraction of sp³-hybridized carbons (Fsp3) is 0.231. The van der Waals surface area contributed by atoms with E-state index in [9.17, 15) is 4.79 Å². The molecule has 0 atom stereocenters. The summed E-state index contributed by atoms with van der Waals surface area (Å²) < 4.78 is 1.83. The van der Waals surface area contributed by atoms with Crippen LogP contribution in [0.3, 0.4) is 0 Å². The summed E-state index contributed by atoms with van der Waals surface area (Å²) >= 11 is 0. The second kappa shape index (κ2) is 9.23. The normalized spacial score (nSPS) is 14.3. The highest BCUT2D eigenvalue weighted by Gasteiger charge is 2.22. The lowest BCUT2D eigenvalue weighted by atomic mass is 9.96. The number of rotatable bonds is 5. The quantitative estimate of drug-likeness (QED) is 0.479. The highest BCUT2D eigenvalue weighted by molar-refractivity contribution is 6.02. The molecule has 1 fully saturated rings. The summed E-state index contributed by atoms with van der Waals surface area (Å²) in [7, 11) is 0. The number of aromatic nitrogens is 3. The van der Waals surface area contributed by atoms with Crippen molar-refractivity contribution in [1.82, 2.24) is 24.6 Å². The van der Waals surface area contributed by atoms with Gasteiger partial charge in [-0.05, 0) is 46.2 Å². The molecule has 1 aromatic heterocycles. The van der Waals surface area contributed by atoms with E-state index in [2.05, 4.69) is 27.1 Å². The van der Waals surface area contributed by atoms with Crippen LogP contribution < -0.4 is 0 Å². The number of carbonyl (C=O) groups is 1. The van der Waals surface area contributed by atoms with Gasteiger partial charge in [-0.3, -0.25) is 14.4 Å². The van der Waals surface area contributed by atoms with Crippen molar-refractivity contribution >= 4 is 16.7 Å². The van der Waals surface area contributed by atoms with Gasteiger partial charge in [0.05, 0.1) is 18.2 Å². The molecule has 0 spiro atoms.